The van der Waals surface area contributed by atoms with Gasteiger partial charge in [-0.1, -0.05) is 0 Å². The second-order valence-corrected chi connectivity index (χ2v) is 13.4. The van der Waals surface area contributed by atoms with Crippen LogP contribution in [0.1, 0.15) is 0 Å². The minimum atomic E-state index is -5.39. The summed E-state index contributed by atoms with van der Waals surface area (Å²) in [5, 5.41) is 0. The molecule has 0 spiro atoms. The van der Waals surface area contributed by atoms with E-state index in [0.717, 1.165) is 0 Å². The van der Waals surface area contributed by atoms with E-state index in [-0.39, 0.29) is 171 Å². The molecule has 0 aromatic carbocycles. The fourth-order valence-corrected chi connectivity index (χ4v) is 0. The van der Waals surface area contributed by atoms with Crippen LogP contribution in [0, 0.1) is 0 Å². The molecular weight excluding hydrogens is 1430 g/mol. The van der Waals surface area contributed by atoms with Crippen LogP contribution in [0.2, 0.25) is 0 Å². The van der Waals surface area contributed by atoms with E-state index < -0.39 is 78.2 Å². The van der Waals surface area contributed by atoms with E-state index >= 15 is 0 Å². The molecule has 0 bridgehead atoms. The maximum atomic E-state index is 8.55. The van der Waals surface area contributed by atoms with Gasteiger partial charge in [0.25, 0.3) is 0 Å². The monoisotopic (exact) mass is 1430 g/mol. The Morgan fingerprint density at radius 1 is 0.153 bits per heavy atom. The van der Waals surface area contributed by atoms with Crippen molar-refractivity contribution >= 4 is 78.2 Å². The van der Waals surface area contributed by atoms with Crippen molar-refractivity contribution in [3.8, 4) is 0 Å². The van der Waals surface area contributed by atoms with Gasteiger partial charge in [-0.05, 0) is 0 Å². The first kappa shape index (κ1) is 126. The van der Waals surface area contributed by atoms with E-state index in [1.54, 1.807) is 0 Å². The molecule has 0 aliphatic carbocycles. The average Bonchev–Trinajstić information content (AvgIpc) is 2.34. The largest absolute Gasteiger partial charge is 3.00 e. The van der Waals surface area contributed by atoms with Crippen molar-refractivity contribution in [2.24, 2.45) is 0 Å². The molecule has 0 saturated heterocycles. The van der Waals surface area contributed by atoms with Crippen LogP contribution in [-0.4, -0.2) is 0 Å². The quantitative estimate of drug-likeness (QED) is 0.160. The Kier molecular flexibility index (Phi) is 126. The molecule has 40 nitrogen and oxygen atoms in total. The summed E-state index contributed by atoms with van der Waals surface area (Å²) in [6.07, 6.45) is 0. The predicted octanol–water partition coefficient (Wildman–Crippen LogP) is -37.2. The van der Waals surface area contributed by atoms with Crippen molar-refractivity contribution in [2.45, 2.75) is 0 Å². The molecule has 0 saturated carbocycles. The van der Waals surface area contributed by atoms with Gasteiger partial charge in [0.15, 0.2) is 0 Å². The van der Waals surface area contributed by atoms with Gasteiger partial charge < -0.3 is 192 Å². The molecular formula is Fe3Li3Mo3O40P10-18. The molecule has 0 atom stereocenters. The topological polar surface area (TPSA) is 862 Å². The summed E-state index contributed by atoms with van der Waals surface area (Å²) in [7, 11) is -53.9. The second kappa shape index (κ2) is 58.8. The van der Waals surface area contributed by atoms with Crippen molar-refractivity contribution in [1.29, 1.82) is 0 Å². The number of hydrogen-bond donors (Lipinski definition) is 0. The zero-order valence-corrected chi connectivity index (χ0v) is 44.4. The van der Waals surface area contributed by atoms with Crippen LogP contribution in [0.15, 0.2) is 0 Å². The third kappa shape index (κ3) is 5940. The molecule has 0 heterocycles. The molecule has 0 rings (SSSR count). The molecule has 0 aromatic heterocycles. The zero-order chi connectivity index (χ0) is 45.0. The molecule has 0 fully saturated rings. The molecule has 59 heavy (non-hydrogen) atoms. The summed E-state index contributed by atoms with van der Waals surface area (Å²) < 4.78 is 85.5. The van der Waals surface area contributed by atoms with E-state index in [4.69, 9.17) is 192 Å². The number of rotatable bonds is 0. The molecule has 3 radical (unpaired) electrons. The minimum Gasteiger partial charge on any atom is -0.822 e. The molecule has 0 amide bonds. The van der Waals surface area contributed by atoms with E-state index in [1.165, 1.54) is 0 Å². The van der Waals surface area contributed by atoms with Gasteiger partial charge in [-0.25, -0.2) is 0 Å². The summed E-state index contributed by atoms with van der Waals surface area (Å²) in [5.41, 5.74) is 0. The molecule has 0 aliphatic heterocycles. The Morgan fingerprint density at radius 3 is 0.153 bits per heavy atom. The second-order valence-electron chi connectivity index (χ2n) is 4.47. The van der Waals surface area contributed by atoms with Crippen LogP contribution in [-0.2, 0) is 160 Å². The van der Waals surface area contributed by atoms with Crippen molar-refractivity contribution in [3.05, 3.63) is 0 Å². The summed E-state index contributed by atoms with van der Waals surface area (Å²) >= 11 is 0. The van der Waals surface area contributed by atoms with Crippen molar-refractivity contribution in [3.63, 3.8) is 0 Å². The van der Waals surface area contributed by atoms with Gasteiger partial charge in [0.05, 0.1) is 0 Å². The van der Waals surface area contributed by atoms with E-state index in [0.29, 0.717) is 0 Å². The minimum absolute atomic E-state index is 0. The van der Waals surface area contributed by atoms with Gasteiger partial charge in [-0.2, -0.15) is 78.2 Å². The van der Waals surface area contributed by atoms with Gasteiger partial charge >= 0.3 is 108 Å². The number of hydrogen-bond acceptors (Lipinski definition) is 40. The third-order valence-electron chi connectivity index (χ3n) is 0. The van der Waals surface area contributed by atoms with Gasteiger partial charge in [-0.15, -0.1) is 0 Å². The third-order valence-corrected chi connectivity index (χ3v) is 0. The Balaban J connectivity index is -0.0000000174. The van der Waals surface area contributed by atoms with E-state index in [2.05, 4.69) is 0 Å². The summed E-state index contributed by atoms with van der Waals surface area (Å²) in [6.45, 7) is 0. The standard InChI is InChI=1S/3Fe.3Li.3Mo.10H3O4P/c;;;;;;;;;10*1-5(2,3)4/h;;;;;;;;;10*(H3,1,2,3,4)/q3*+3;3*+1;;;;;;;;;;;;;/p-30. The van der Waals surface area contributed by atoms with Gasteiger partial charge in [-0.3, -0.25) is 0 Å². The summed E-state index contributed by atoms with van der Waals surface area (Å²) in [6, 6.07) is 0. The zero-order valence-electron chi connectivity index (χ0n) is 26.1. The first-order valence-corrected chi connectivity index (χ1v) is 21.9. The first-order valence-electron chi connectivity index (χ1n) is 7.30. The smallest absolute Gasteiger partial charge is 0.822 e. The predicted molar refractivity (Wildman–Crippen MR) is 76.1 cm³/mol. The number of phosphoric acid groups is 10. The Morgan fingerprint density at radius 2 is 0.153 bits per heavy atom. The van der Waals surface area contributed by atoms with Crippen LogP contribution in [0.25, 0.3) is 0 Å². The van der Waals surface area contributed by atoms with Crippen LogP contribution < -0.4 is 203 Å². The van der Waals surface area contributed by atoms with E-state index in [9.17, 15) is 0 Å². The molecule has 0 aromatic rings. The SMILES string of the molecule is O=P([O-])([O-])[O-].O=P([O-])([O-])[O-].O=P([O-])([O-])[O-].O=P([O-])([O-])[O-].O=P([O-])([O-])[O-].O=P([O-])([O-])[O-].O=P([O-])([O-])[O-].O=P([O-])([O-])[O-].O=P([O-])([O-])[O-].O=P([O-])([O-])[O-].[Fe+3].[Fe+3].[Fe+3].[Li+].[Li+].[Li+].[Mo].[Mo].[Mo]. The Hall–Kier alpha value is 6.52. The maximum Gasteiger partial charge on any atom is 3.00 e. The molecule has 0 N–H and O–H groups in total. The van der Waals surface area contributed by atoms with Crippen LogP contribution in [0.4, 0.5) is 0 Å². The van der Waals surface area contributed by atoms with Crippen molar-refractivity contribution < 1.29 is 363 Å². The Labute approximate surface area is 437 Å². The van der Waals surface area contributed by atoms with Crippen molar-refractivity contribution in [2.75, 3.05) is 0 Å². The average molecular weight is 1430 g/mol. The fraction of sp³-hybridized carbons (Fsp3) is 0. The van der Waals surface area contributed by atoms with E-state index in [1.807, 2.05) is 0 Å². The molecule has 353 valence electrons. The fourth-order valence-electron chi connectivity index (χ4n) is 0. The van der Waals surface area contributed by atoms with Crippen molar-refractivity contribution in [1.82, 2.24) is 0 Å². The molecule has 0 aliphatic rings. The molecule has 0 unspecified atom stereocenters. The van der Waals surface area contributed by atoms with Crippen LogP contribution in [0.5, 0.6) is 0 Å². The van der Waals surface area contributed by atoms with Gasteiger partial charge in [0.2, 0.25) is 0 Å². The Bertz CT molecular complexity index is 881. The summed E-state index contributed by atoms with van der Waals surface area (Å²) in [5.74, 6) is 0. The first-order chi connectivity index (χ1) is 20.0. The van der Waals surface area contributed by atoms with Crippen LogP contribution in [0.3, 0.4) is 0 Å². The maximum absolute atomic E-state index is 8.55. The van der Waals surface area contributed by atoms with Gasteiger partial charge in [0, 0.05) is 63.2 Å². The molecule has 59 heteroatoms. The van der Waals surface area contributed by atoms with Crippen LogP contribution >= 0.6 is 78.2 Å². The normalized spacial score (nSPS) is 10.0. The summed E-state index contributed by atoms with van der Waals surface area (Å²) in [4.78, 5) is 256. The van der Waals surface area contributed by atoms with Gasteiger partial charge in [0.1, 0.15) is 0 Å².